The Morgan fingerprint density at radius 3 is 2.71 bits per heavy atom. The fourth-order valence-corrected chi connectivity index (χ4v) is 1.40. The van der Waals surface area contributed by atoms with Crippen LogP contribution in [0.4, 0.5) is 0 Å². The molecule has 0 saturated carbocycles. The van der Waals surface area contributed by atoms with Gasteiger partial charge in [-0.1, -0.05) is 30.3 Å². The van der Waals surface area contributed by atoms with Crippen molar-refractivity contribution in [1.82, 2.24) is 9.97 Å². The Kier molecular flexibility index (Phi) is 2.60. The van der Waals surface area contributed by atoms with Crippen LogP contribution < -0.4 is 0 Å². The van der Waals surface area contributed by atoms with Gasteiger partial charge in [0.05, 0.1) is 24.3 Å². The zero-order chi connectivity index (χ0) is 9.80. The van der Waals surface area contributed by atoms with Crippen LogP contribution in [0.3, 0.4) is 0 Å². The van der Waals surface area contributed by atoms with Crippen LogP contribution in [0, 0.1) is 0 Å². The van der Waals surface area contributed by atoms with Crippen molar-refractivity contribution in [3.63, 3.8) is 0 Å². The molecule has 1 aromatic carbocycles. The lowest BCUT2D eigenvalue weighted by atomic mass is 10.1. The molecule has 1 atom stereocenters. The van der Waals surface area contributed by atoms with Crippen LogP contribution in [0.1, 0.15) is 17.4 Å². The molecular formula is C11H12N2O. The lowest BCUT2D eigenvalue weighted by Gasteiger charge is -2.07. The molecule has 0 bridgehead atoms. The van der Waals surface area contributed by atoms with Crippen molar-refractivity contribution < 1.29 is 5.11 Å². The van der Waals surface area contributed by atoms with Crippen molar-refractivity contribution in [2.45, 2.75) is 12.5 Å². The molecule has 0 aliphatic carbocycles. The van der Waals surface area contributed by atoms with Gasteiger partial charge in [0.15, 0.2) is 0 Å². The second kappa shape index (κ2) is 4.07. The molecule has 72 valence electrons. The summed E-state index contributed by atoms with van der Waals surface area (Å²) in [5.41, 5.74) is 1.88. The summed E-state index contributed by atoms with van der Waals surface area (Å²) in [6, 6.07) is 9.90. The number of rotatable bonds is 3. The van der Waals surface area contributed by atoms with E-state index < -0.39 is 6.10 Å². The van der Waals surface area contributed by atoms with Crippen molar-refractivity contribution in [3.8, 4) is 0 Å². The fourth-order valence-electron chi connectivity index (χ4n) is 1.40. The number of hydrogen-bond acceptors (Lipinski definition) is 2. The van der Waals surface area contributed by atoms with Gasteiger partial charge >= 0.3 is 0 Å². The minimum Gasteiger partial charge on any atom is -0.386 e. The summed E-state index contributed by atoms with van der Waals surface area (Å²) in [6.07, 6.45) is 3.33. The largest absolute Gasteiger partial charge is 0.386 e. The second-order valence-electron chi connectivity index (χ2n) is 3.21. The van der Waals surface area contributed by atoms with E-state index >= 15 is 0 Å². The molecule has 2 N–H and O–H groups in total. The highest BCUT2D eigenvalue weighted by molar-refractivity contribution is 5.17. The first-order valence-corrected chi connectivity index (χ1v) is 4.56. The second-order valence-corrected chi connectivity index (χ2v) is 3.21. The molecule has 0 aliphatic rings. The Balaban J connectivity index is 2.06. The Labute approximate surface area is 82.4 Å². The Bertz CT molecular complexity index is 369. The molecule has 1 heterocycles. The first-order valence-electron chi connectivity index (χ1n) is 4.56. The number of benzene rings is 1. The van der Waals surface area contributed by atoms with E-state index in [-0.39, 0.29) is 0 Å². The predicted octanol–water partition coefficient (Wildman–Crippen LogP) is 1.69. The maximum Gasteiger partial charge on any atom is 0.0993 e. The van der Waals surface area contributed by atoms with E-state index in [1.165, 1.54) is 0 Å². The maximum absolute atomic E-state index is 9.79. The van der Waals surface area contributed by atoms with Crippen molar-refractivity contribution in [2.75, 3.05) is 0 Å². The summed E-state index contributed by atoms with van der Waals surface area (Å²) in [4.78, 5) is 6.77. The molecule has 0 radical (unpaired) electrons. The van der Waals surface area contributed by atoms with Crippen LogP contribution in [0.5, 0.6) is 0 Å². The fraction of sp³-hybridized carbons (Fsp3) is 0.182. The van der Waals surface area contributed by atoms with E-state index in [0.717, 1.165) is 11.3 Å². The number of nitrogens with zero attached hydrogens (tertiary/aromatic N) is 1. The molecule has 2 aromatic rings. The van der Waals surface area contributed by atoms with Crippen LogP contribution >= 0.6 is 0 Å². The minimum atomic E-state index is -0.500. The zero-order valence-corrected chi connectivity index (χ0v) is 7.72. The van der Waals surface area contributed by atoms with Gasteiger partial charge in [-0.2, -0.15) is 0 Å². The number of H-pyrrole nitrogens is 1. The van der Waals surface area contributed by atoms with Gasteiger partial charge < -0.3 is 10.1 Å². The third-order valence-electron chi connectivity index (χ3n) is 2.15. The SMILES string of the molecule is O[C@H](Cc1ccccc1)c1cnc[nH]1. The average Bonchev–Trinajstić information content (AvgIpc) is 2.72. The van der Waals surface area contributed by atoms with Gasteiger partial charge in [-0.3, -0.25) is 0 Å². The summed E-state index contributed by atoms with van der Waals surface area (Å²) >= 11 is 0. The standard InChI is InChI=1S/C11H12N2O/c14-11(10-7-12-8-13-10)6-9-4-2-1-3-5-9/h1-5,7-8,11,14H,6H2,(H,12,13)/t11-/m1/s1. The molecule has 1 aromatic heterocycles. The third-order valence-corrected chi connectivity index (χ3v) is 2.15. The number of aromatic nitrogens is 2. The molecule has 0 amide bonds. The van der Waals surface area contributed by atoms with Crippen LogP contribution in [-0.2, 0) is 6.42 Å². The smallest absolute Gasteiger partial charge is 0.0993 e. The zero-order valence-electron chi connectivity index (χ0n) is 7.72. The molecule has 0 spiro atoms. The maximum atomic E-state index is 9.79. The van der Waals surface area contributed by atoms with E-state index in [0.29, 0.717) is 6.42 Å². The summed E-state index contributed by atoms with van der Waals surface area (Å²) < 4.78 is 0. The third kappa shape index (κ3) is 2.00. The van der Waals surface area contributed by atoms with Gasteiger partial charge in [0.2, 0.25) is 0 Å². The molecule has 14 heavy (non-hydrogen) atoms. The number of aliphatic hydroxyl groups is 1. The van der Waals surface area contributed by atoms with Gasteiger partial charge in [-0.25, -0.2) is 4.98 Å². The monoisotopic (exact) mass is 188 g/mol. The molecule has 3 nitrogen and oxygen atoms in total. The Morgan fingerprint density at radius 1 is 1.29 bits per heavy atom. The van der Waals surface area contributed by atoms with E-state index in [1.807, 2.05) is 30.3 Å². The van der Waals surface area contributed by atoms with Crippen molar-refractivity contribution in [3.05, 3.63) is 54.1 Å². The molecule has 0 fully saturated rings. The van der Waals surface area contributed by atoms with Crippen molar-refractivity contribution >= 4 is 0 Å². The molecular weight excluding hydrogens is 176 g/mol. The summed E-state index contributed by atoms with van der Waals surface area (Å²) in [5.74, 6) is 0. The van der Waals surface area contributed by atoms with Crippen molar-refractivity contribution in [1.29, 1.82) is 0 Å². The lowest BCUT2D eigenvalue weighted by molar-refractivity contribution is 0.174. The average molecular weight is 188 g/mol. The first-order chi connectivity index (χ1) is 6.86. The van der Waals surface area contributed by atoms with E-state index in [9.17, 15) is 5.11 Å². The number of hydrogen-bond donors (Lipinski definition) is 2. The van der Waals surface area contributed by atoms with Crippen LogP contribution in [0.15, 0.2) is 42.9 Å². The van der Waals surface area contributed by atoms with Gasteiger partial charge in [0.1, 0.15) is 0 Å². The van der Waals surface area contributed by atoms with Crippen LogP contribution in [0.2, 0.25) is 0 Å². The lowest BCUT2D eigenvalue weighted by Crippen LogP contribution is -2.01. The minimum absolute atomic E-state index is 0.500. The van der Waals surface area contributed by atoms with Gasteiger partial charge in [-0.15, -0.1) is 0 Å². The van der Waals surface area contributed by atoms with E-state index in [1.54, 1.807) is 12.5 Å². The number of aromatic amines is 1. The summed E-state index contributed by atoms with van der Waals surface area (Å²) in [6.45, 7) is 0. The first kappa shape index (κ1) is 8.97. The van der Waals surface area contributed by atoms with Gasteiger partial charge in [-0.05, 0) is 5.56 Å². The number of imidazole rings is 1. The highest BCUT2D eigenvalue weighted by atomic mass is 16.3. The molecule has 0 unspecified atom stereocenters. The van der Waals surface area contributed by atoms with Gasteiger partial charge in [0.25, 0.3) is 0 Å². The molecule has 0 saturated heterocycles. The van der Waals surface area contributed by atoms with Gasteiger partial charge in [0, 0.05) is 6.42 Å². The highest BCUT2D eigenvalue weighted by Crippen LogP contribution is 2.14. The molecule has 2 rings (SSSR count). The van der Waals surface area contributed by atoms with E-state index in [2.05, 4.69) is 9.97 Å². The Morgan fingerprint density at radius 2 is 2.07 bits per heavy atom. The molecule has 3 heteroatoms. The predicted molar refractivity (Wildman–Crippen MR) is 53.7 cm³/mol. The van der Waals surface area contributed by atoms with Crippen LogP contribution in [0.25, 0.3) is 0 Å². The highest BCUT2D eigenvalue weighted by Gasteiger charge is 2.08. The summed E-state index contributed by atoms with van der Waals surface area (Å²) in [7, 11) is 0. The van der Waals surface area contributed by atoms with Crippen molar-refractivity contribution in [2.24, 2.45) is 0 Å². The number of aliphatic hydroxyl groups excluding tert-OH is 1. The quantitative estimate of drug-likeness (QED) is 0.770. The number of nitrogens with one attached hydrogen (secondary N) is 1. The van der Waals surface area contributed by atoms with Crippen LogP contribution in [-0.4, -0.2) is 15.1 Å². The molecule has 0 aliphatic heterocycles. The topological polar surface area (TPSA) is 48.9 Å². The summed E-state index contributed by atoms with van der Waals surface area (Å²) in [5, 5.41) is 9.79. The van der Waals surface area contributed by atoms with E-state index in [4.69, 9.17) is 0 Å². The normalized spacial score (nSPS) is 12.6. The Hall–Kier alpha value is -1.61.